The van der Waals surface area contributed by atoms with Crippen molar-refractivity contribution >= 4 is 16.9 Å². The van der Waals surface area contributed by atoms with E-state index in [1.54, 1.807) is 29.2 Å². The number of nitrogens with zero attached hydrogens (tertiary/aromatic N) is 3. The van der Waals surface area contributed by atoms with E-state index in [0.717, 1.165) is 24.2 Å². The Morgan fingerprint density at radius 1 is 1.18 bits per heavy atom. The third kappa shape index (κ3) is 3.74. The number of piperidine rings is 1. The highest BCUT2D eigenvalue weighted by Gasteiger charge is 2.28. The minimum absolute atomic E-state index is 0.0481. The van der Waals surface area contributed by atoms with Gasteiger partial charge in [0.1, 0.15) is 11.7 Å². The number of benzene rings is 1. The lowest BCUT2D eigenvalue weighted by Crippen LogP contribution is -2.44. The fraction of sp³-hybridized carbons (Fsp3) is 0.333. The number of para-hydroxylation sites is 1. The van der Waals surface area contributed by atoms with Gasteiger partial charge in [-0.2, -0.15) is 0 Å². The summed E-state index contributed by atoms with van der Waals surface area (Å²) >= 11 is 0. The molecule has 7 nitrogen and oxygen atoms in total. The molecule has 1 aliphatic rings. The van der Waals surface area contributed by atoms with Crippen molar-refractivity contribution in [1.29, 1.82) is 0 Å². The summed E-state index contributed by atoms with van der Waals surface area (Å²) in [4.78, 5) is 35.5. The lowest BCUT2D eigenvalue weighted by molar-refractivity contribution is 0.0488. The first-order valence-corrected chi connectivity index (χ1v) is 9.31. The number of carbonyl (C=O) groups excluding carboxylic acids is 1. The second kappa shape index (κ2) is 7.42. The van der Waals surface area contributed by atoms with E-state index in [4.69, 9.17) is 9.15 Å². The second-order valence-corrected chi connectivity index (χ2v) is 7.04. The molecular weight excluding hydrogens is 358 g/mol. The first-order chi connectivity index (χ1) is 13.5. The summed E-state index contributed by atoms with van der Waals surface area (Å²) in [6, 6.07) is 10.4. The monoisotopic (exact) mass is 379 g/mol. The lowest BCUT2D eigenvalue weighted by Gasteiger charge is -2.32. The Kier molecular flexibility index (Phi) is 4.81. The zero-order valence-electron chi connectivity index (χ0n) is 15.8. The number of carbonyl (C=O) groups is 1. The number of fused-ring (bicyclic) bond motifs is 1. The molecule has 0 saturated carbocycles. The van der Waals surface area contributed by atoms with E-state index in [0.29, 0.717) is 30.1 Å². The van der Waals surface area contributed by atoms with Crippen LogP contribution in [0.2, 0.25) is 0 Å². The summed E-state index contributed by atoms with van der Waals surface area (Å²) in [5.41, 5.74) is 1.86. The van der Waals surface area contributed by atoms with Crippen molar-refractivity contribution in [2.24, 2.45) is 0 Å². The Balaban J connectivity index is 1.52. The number of aryl methyl sites for hydroxylation is 2. The number of hydrogen-bond acceptors (Lipinski definition) is 6. The summed E-state index contributed by atoms with van der Waals surface area (Å²) in [6.45, 7) is 4.76. The molecule has 7 heteroatoms. The molecule has 1 saturated heterocycles. The van der Waals surface area contributed by atoms with Crippen LogP contribution < -0.4 is 10.2 Å². The van der Waals surface area contributed by atoms with Gasteiger partial charge in [-0.1, -0.05) is 12.1 Å². The van der Waals surface area contributed by atoms with Crippen LogP contribution in [0.15, 0.2) is 45.6 Å². The van der Waals surface area contributed by atoms with Gasteiger partial charge in [0.05, 0.1) is 11.9 Å². The molecule has 1 fully saturated rings. The molecule has 0 spiro atoms. The molecule has 1 aromatic carbocycles. The number of ether oxygens (including phenoxy) is 1. The number of amides is 1. The average molecular weight is 379 g/mol. The molecule has 3 heterocycles. The van der Waals surface area contributed by atoms with Crippen molar-refractivity contribution < 1.29 is 13.9 Å². The molecule has 4 rings (SSSR count). The zero-order chi connectivity index (χ0) is 19.7. The van der Waals surface area contributed by atoms with Gasteiger partial charge in [-0.05, 0) is 44.9 Å². The maximum atomic E-state index is 12.9. The van der Waals surface area contributed by atoms with Gasteiger partial charge in [0, 0.05) is 24.0 Å². The molecule has 28 heavy (non-hydrogen) atoms. The van der Waals surface area contributed by atoms with Crippen molar-refractivity contribution in [2.45, 2.75) is 32.8 Å². The van der Waals surface area contributed by atoms with Crippen molar-refractivity contribution in [3.63, 3.8) is 0 Å². The van der Waals surface area contributed by atoms with E-state index in [1.165, 1.54) is 6.07 Å². The minimum atomic E-state index is -0.308. The minimum Gasteiger partial charge on any atom is -0.458 e. The molecular formula is C21H21N3O4. The molecule has 1 aliphatic heterocycles. The van der Waals surface area contributed by atoms with Gasteiger partial charge >= 0.3 is 6.01 Å². The van der Waals surface area contributed by atoms with Gasteiger partial charge in [-0.25, -0.2) is 9.97 Å². The number of hydrogen-bond donors (Lipinski definition) is 0. The molecule has 1 amide bonds. The van der Waals surface area contributed by atoms with Crippen molar-refractivity contribution in [2.75, 3.05) is 13.1 Å². The maximum absolute atomic E-state index is 12.9. The van der Waals surface area contributed by atoms with Gasteiger partial charge in [-0.15, -0.1) is 0 Å². The summed E-state index contributed by atoms with van der Waals surface area (Å²) < 4.78 is 11.6. The number of aromatic nitrogens is 2. The molecule has 0 aliphatic carbocycles. The molecule has 0 bridgehead atoms. The van der Waals surface area contributed by atoms with E-state index >= 15 is 0 Å². The highest BCUT2D eigenvalue weighted by molar-refractivity contribution is 5.93. The summed E-state index contributed by atoms with van der Waals surface area (Å²) in [7, 11) is 0. The third-order valence-corrected chi connectivity index (χ3v) is 4.74. The zero-order valence-corrected chi connectivity index (χ0v) is 15.8. The predicted molar refractivity (Wildman–Crippen MR) is 104 cm³/mol. The van der Waals surface area contributed by atoms with Crippen LogP contribution in [-0.4, -0.2) is 40.0 Å². The van der Waals surface area contributed by atoms with Crippen LogP contribution in [-0.2, 0) is 0 Å². The SMILES string of the molecule is Cc1cc(C)nc(OC2CCCN(C(=O)c3cc(=O)c4ccccc4o3)C2)n1. The first-order valence-electron chi connectivity index (χ1n) is 9.31. The molecule has 1 unspecified atom stereocenters. The summed E-state index contributed by atoms with van der Waals surface area (Å²) in [5.74, 6) is -0.260. The van der Waals surface area contributed by atoms with Crippen LogP contribution in [0.1, 0.15) is 34.8 Å². The normalized spacial score (nSPS) is 16.9. The smallest absolute Gasteiger partial charge is 0.317 e. The number of likely N-dealkylation sites (tertiary alicyclic amines) is 1. The van der Waals surface area contributed by atoms with Gasteiger partial charge < -0.3 is 14.1 Å². The second-order valence-electron chi connectivity index (χ2n) is 7.04. The largest absolute Gasteiger partial charge is 0.458 e. The molecule has 1 atom stereocenters. The van der Waals surface area contributed by atoms with E-state index < -0.39 is 0 Å². The van der Waals surface area contributed by atoms with Crippen LogP contribution in [0.3, 0.4) is 0 Å². The quantitative estimate of drug-likeness (QED) is 0.696. The van der Waals surface area contributed by atoms with Crippen LogP contribution >= 0.6 is 0 Å². The van der Waals surface area contributed by atoms with Crippen molar-refractivity contribution in [1.82, 2.24) is 14.9 Å². The van der Waals surface area contributed by atoms with Crippen molar-refractivity contribution in [3.05, 3.63) is 63.8 Å². The van der Waals surface area contributed by atoms with E-state index in [2.05, 4.69) is 9.97 Å². The Hall–Kier alpha value is -3.22. The van der Waals surface area contributed by atoms with Crippen molar-refractivity contribution in [3.8, 4) is 6.01 Å². The summed E-state index contributed by atoms with van der Waals surface area (Å²) in [6.07, 6.45) is 1.40. The summed E-state index contributed by atoms with van der Waals surface area (Å²) in [5, 5.41) is 0.464. The molecule has 144 valence electrons. The molecule has 2 aromatic heterocycles. The lowest BCUT2D eigenvalue weighted by atomic mass is 10.1. The van der Waals surface area contributed by atoms with Gasteiger partial charge in [0.2, 0.25) is 0 Å². The number of rotatable bonds is 3. The van der Waals surface area contributed by atoms with Crippen LogP contribution in [0, 0.1) is 13.8 Å². The predicted octanol–water partition coefficient (Wildman–Crippen LogP) is 2.88. The third-order valence-electron chi connectivity index (χ3n) is 4.74. The fourth-order valence-corrected chi connectivity index (χ4v) is 3.48. The molecule has 0 N–H and O–H groups in total. The fourth-order valence-electron chi connectivity index (χ4n) is 3.48. The Bertz CT molecular complexity index is 1070. The van der Waals surface area contributed by atoms with Gasteiger partial charge in [-0.3, -0.25) is 9.59 Å². The van der Waals surface area contributed by atoms with E-state index in [9.17, 15) is 9.59 Å². The maximum Gasteiger partial charge on any atom is 0.317 e. The van der Waals surface area contributed by atoms with Crippen LogP contribution in [0.25, 0.3) is 11.0 Å². The average Bonchev–Trinajstić information content (AvgIpc) is 2.67. The highest BCUT2D eigenvalue weighted by Crippen LogP contribution is 2.19. The molecule has 0 radical (unpaired) electrons. The van der Waals surface area contributed by atoms with Crippen LogP contribution in [0.5, 0.6) is 6.01 Å². The van der Waals surface area contributed by atoms with E-state index in [1.807, 2.05) is 19.9 Å². The first kappa shape index (κ1) is 18.2. The highest BCUT2D eigenvalue weighted by atomic mass is 16.5. The van der Waals surface area contributed by atoms with Gasteiger partial charge in [0.15, 0.2) is 11.2 Å². The topological polar surface area (TPSA) is 85.5 Å². The standard InChI is InChI=1S/C21H21N3O4/c1-13-10-14(2)23-21(22-13)27-15-6-5-9-24(12-15)20(26)19-11-17(25)16-7-3-4-8-18(16)28-19/h3-4,7-8,10-11,15H,5-6,9,12H2,1-2H3. The Labute approximate surface area is 162 Å². The Morgan fingerprint density at radius 3 is 2.71 bits per heavy atom. The van der Waals surface area contributed by atoms with Gasteiger partial charge in [0.25, 0.3) is 5.91 Å². The Morgan fingerprint density at radius 2 is 1.93 bits per heavy atom. The van der Waals surface area contributed by atoms with Crippen LogP contribution in [0.4, 0.5) is 0 Å². The molecule has 3 aromatic rings. The van der Waals surface area contributed by atoms with E-state index in [-0.39, 0.29) is 23.2 Å².